The number of ether oxygens (including phenoxy) is 2. The molecule has 10 aromatic carbocycles. The van der Waals surface area contributed by atoms with E-state index in [1.807, 2.05) is 60.7 Å². The van der Waals surface area contributed by atoms with Crippen LogP contribution in [0.4, 0.5) is 45.5 Å². The van der Waals surface area contributed by atoms with Gasteiger partial charge in [0.05, 0.1) is 11.4 Å². The van der Waals surface area contributed by atoms with Crippen LogP contribution in [0.25, 0.3) is 32.7 Å². The van der Waals surface area contributed by atoms with Crippen LogP contribution in [0.3, 0.4) is 0 Å². The van der Waals surface area contributed by atoms with E-state index in [-0.39, 0.29) is 0 Å². The first kappa shape index (κ1) is 41.5. The van der Waals surface area contributed by atoms with Gasteiger partial charge in [-0.1, -0.05) is 108 Å². The molecule has 322 valence electrons. The van der Waals surface area contributed by atoms with E-state index in [1.54, 1.807) is 0 Å². The normalized spacial score (nSPS) is 11.1. The van der Waals surface area contributed by atoms with Gasteiger partial charge in [-0.2, -0.15) is 0 Å². The minimum Gasteiger partial charge on any atom is -0.457 e. The molecule has 0 aliphatic heterocycles. The van der Waals surface area contributed by atoms with Crippen molar-refractivity contribution >= 4 is 67.0 Å². The minimum atomic E-state index is 0.747. The fraction of sp³-hybridized carbons (Fsp3) is 0.0667. The zero-order chi connectivity index (χ0) is 45.0. The molecule has 0 amide bonds. The maximum atomic E-state index is 6.52. The van der Waals surface area contributed by atoms with Gasteiger partial charge < -0.3 is 30.3 Å². The molecule has 0 aliphatic rings. The first-order chi connectivity index (χ1) is 32.4. The molecule has 0 heterocycles. The smallest absolute Gasteiger partial charge is 0.127 e. The summed E-state index contributed by atoms with van der Waals surface area (Å²) in [6.07, 6.45) is 0. The lowest BCUT2D eigenvalue weighted by Crippen LogP contribution is -2.11. The van der Waals surface area contributed by atoms with Crippen LogP contribution in [0.15, 0.2) is 218 Å². The molecule has 0 bridgehead atoms. The van der Waals surface area contributed by atoms with Gasteiger partial charge in [0.2, 0.25) is 0 Å². The molecule has 0 spiro atoms. The third kappa shape index (κ3) is 8.60. The van der Waals surface area contributed by atoms with Crippen LogP contribution in [0, 0.1) is 13.8 Å². The molecule has 3 N–H and O–H groups in total. The Morgan fingerprint density at radius 1 is 0.379 bits per heavy atom. The third-order valence-corrected chi connectivity index (χ3v) is 12.0. The van der Waals surface area contributed by atoms with Crippen molar-refractivity contribution in [1.82, 2.24) is 0 Å². The van der Waals surface area contributed by atoms with E-state index in [4.69, 9.17) is 15.2 Å². The predicted molar refractivity (Wildman–Crippen MR) is 277 cm³/mol. The lowest BCUT2D eigenvalue weighted by molar-refractivity contribution is 0.482. The van der Waals surface area contributed by atoms with Crippen LogP contribution in [-0.2, 0) is 0 Å². The van der Waals surface area contributed by atoms with Gasteiger partial charge >= 0.3 is 0 Å². The van der Waals surface area contributed by atoms with Crippen LogP contribution in [-0.4, -0.2) is 6.54 Å². The van der Waals surface area contributed by atoms with Gasteiger partial charge in [0.25, 0.3) is 0 Å². The van der Waals surface area contributed by atoms with Crippen LogP contribution in [0.5, 0.6) is 23.0 Å². The third-order valence-electron chi connectivity index (χ3n) is 12.0. The molecule has 6 nitrogen and oxygen atoms in total. The van der Waals surface area contributed by atoms with Crippen molar-refractivity contribution in [1.29, 1.82) is 0 Å². The largest absolute Gasteiger partial charge is 0.457 e. The molecule has 10 rings (SSSR count). The second kappa shape index (κ2) is 18.3. The van der Waals surface area contributed by atoms with Crippen molar-refractivity contribution in [3.8, 4) is 34.1 Å². The summed E-state index contributed by atoms with van der Waals surface area (Å²) in [6.45, 7) is 7.12. The van der Waals surface area contributed by atoms with Crippen LogP contribution >= 0.6 is 0 Å². The highest BCUT2D eigenvalue weighted by Crippen LogP contribution is 2.44. The molecule has 10 aromatic rings. The first-order valence-corrected chi connectivity index (χ1v) is 22.4. The number of hydrogen-bond donors (Lipinski definition) is 2. The average molecular weight is 859 g/mol. The summed E-state index contributed by atoms with van der Waals surface area (Å²) < 4.78 is 12.5. The number of nitrogens with one attached hydrogen (secondary N) is 1. The Bertz CT molecular complexity index is 3260. The lowest BCUT2D eigenvalue weighted by atomic mass is 10.0. The predicted octanol–water partition coefficient (Wildman–Crippen LogP) is 16.8. The molecule has 0 aromatic heterocycles. The molecule has 0 unspecified atom stereocenters. The first-order valence-electron chi connectivity index (χ1n) is 22.4. The standard InChI is InChI=1S/C60H50N4O2/c1-4-62-58-38-40-60(56-12-8-6-10-54(56)58)64(48-27-35-52(36-28-48)66-50-31-15-42(3)16-32-50)46-23-19-44(20-24-46)43-17-21-45(22-18-43)63(59-39-37-57(61)53-9-5-7-11-55(53)59)47-25-33-51(34-26-47)65-49-29-13-41(2)14-30-49/h5-40,62H,4,61H2,1-3H3. The number of rotatable bonds is 13. The summed E-state index contributed by atoms with van der Waals surface area (Å²) >= 11 is 0. The van der Waals surface area contributed by atoms with Crippen LogP contribution in [0.1, 0.15) is 18.1 Å². The number of nitrogens with two attached hydrogens (primary N) is 1. The van der Waals surface area contributed by atoms with E-state index in [0.717, 1.165) is 102 Å². The Morgan fingerprint density at radius 3 is 1.15 bits per heavy atom. The van der Waals surface area contributed by atoms with Crippen molar-refractivity contribution in [2.75, 3.05) is 27.4 Å². The Hall–Kier alpha value is -8.48. The van der Waals surface area contributed by atoms with Gasteiger partial charge in [0.1, 0.15) is 23.0 Å². The SMILES string of the molecule is CCNc1ccc(N(c2ccc(Oc3ccc(C)cc3)cc2)c2ccc(-c3ccc(N(c4ccc(Oc5ccc(C)cc5)cc4)c4ccc(N)c5ccccc45)cc3)cc2)c2ccccc12. The van der Waals surface area contributed by atoms with E-state index in [0.29, 0.717) is 0 Å². The van der Waals surface area contributed by atoms with Gasteiger partial charge in [-0.05, 0) is 153 Å². The molecular weight excluding hydrogens is 809 g/mol. The summed E-state index contributed by atoms with van der Waals surface area (Å²) in [5.74, 6) is 3.16. The maximum absolute atomic E-state index is 6.52. The van der Waals surface area contributed by atoms with Crippen LogP contribution < -0.4 is 30.3 Å². The summed E-state index contributed by atoms with van der Waals surface area (Å²) in [5.41, 5.74) is 19.2. The maximum Gasteiger partial charge on any atom is 0.127 e. The molecule has 0 atom stereocenters. The highest BCUT2D eigenvalue weighted by atomic mass is 16.5. The van der Waals surface area contributed by atoms with Gasteiger partial charge in [0.15, 0.2) is 0 Å². The van der Waals surface area contributed by atoms with Crippen molar-refractivity contribution in [2.45, 2.75) is 20.8 Å². The second-order valence-corrected chi connectivity index (χ2v) is 16.5. The van der Waals surface area contributed by atoms with Crippen molar-refractivity contribution in [3.63, 3.8) is 0 Å². The summed E-state index contributed by atoms with van der Waals surface area (Å²) in [7, 11) is 0. The minimum absolute atomic E-state index is 0.747. The molecule has 0 fully saturated rings. The van der Waals surface area contributed by atoms with E-state index < -0.39 is 0 Å². The number of hydrogen-bond acceptors (Lipinski definition) is 6. The Morgan fingerprint density at radius 2 is 0.727 bits per heavy atom. The number of nitrogen functional groups attached to an aromatic ring is 1. The van der Waals surface area contributed by atoms with Gasteiger partial charge in [0, 0.05) is 62.2 Å². The molecule has 6 heteroatoms. The lowest BCUT2D eigenvalue weighted by Gasteiger charge is -2.28. The summed E-state index contributed by atoms with van der Waals surface area (Å²) in [4.78, 5) is 4.61. The highest BCUT2D eigenvalue weighted by Gasteiger charge is 2.19. The fourth-order valence-corrected chi connectivity index (χ4v) is 8.60. The van der Waals surface area contributed by atoms with E-state index in [1.165, 1.54) is 16.5 Å². The highest BCUT2D eigenvalue weighted by molar-refractivity contribution is 6.06. The molecule has 0 saturated heterocycles. The number of benzene rings is 10. The van der Waals surface area contributed by atoms with Crippen molar-refractivity contribution < 1.29 is 9.47 Å². The number of aryl methyl sites for hydroxylation is 2. The molecule has 0 aliphatic carbocycles. The zero-order valence-corrected chi connectivity index (χ0v) is 37.3. The van der Waals surface area contributed by atoms with E-state index in [9.17, 15) is 0 Å². The van der Waals surface area contributed by atoms with Crippen molar-refractivity contribution in [3.05, 3.63) is 230 Å². The van der Waals surface area contributed by atoms with E-state index in [2.05, 4.69) is 194 Å². The monoisotopic (exact) mass is 858 g/mol. The summed E-state index contributed by atoms with van der Waals surface area (Å²) in [5, 5.41) is 7.97. The van der Waals surface area contributed by atoms with Gasteiger partial charge in [-0.15, -0.1) is 0 Å². The average Bonchev–Trinajstić information content (AvgIpc) is 3.36. The number of anilines is 8. The summed E-state index contributed by atoms with van der Waals surface area (Å²) in [6, 6.07) is 75.8. The van der Waals surface area contributed by atoms with Crippen molar-refractivity contribution in [2.24, 2.45) is 0 Å². The fourth-order valence-electron chi connectivity index (χ4n) is 8.60. The van der Waals surface area contributed by atoms with Crippen LogP contribution in [0.2, 0.25) is 0 Å². The Balaban J connectivity index is 0.988. The molecule has 0 radical (unpaired) electrons. The number of nitrogens with zero attached hydrogens (tertiary/aromatic N) is 2. The van der Waals surface area contributed by atoms with E-state index >= 15 is 0 Å². The molecule has 0 saturated carbocycles. The Kier molecular flexibility index (Phi) is 11.5. The molecule has 66 heavy (non-hydrogen) atoms. The van der Waals surface area contributed by atoms with Gasteiger partial charge in [-0.25, -0.2) is 0 Å². The molecular formula is C60H50N4O2. The number of fused-ring (bicyclic) bond motifs is 2. The second-order valence-electron chi connectivity index (χ2n) is 16.5. The zero-order valence-electron chi connectivity index (χ0n) is 37.3. The quantitative estimate of drug-likeness (QED) is 0.113. The Labute approximate surface area is 386 Å². The topological polar surface area (TPSA) is 63.0 Å². The van der Waals surface area contributed by atoms with Gasteiger partial charge in [-0.3, -0.25) is 0 Å².